The van der Waals surface area contributed by atoms with Crippen LogP contribution in [0.1, 0.15) is 56.7 Å². The molecular weight excluding hydrogens is 294 g/mol. The summed E-state index contributed by atoms with van der Waals surface area (Å²) in [6.45, 7) is 11.5. The molecule has 128 valence electrons. The van der Waals surface area contributed by atoms with Crippen LogP contribution in [0, 0.1) is 12.8 Å². The third kappa shape index (κ3) is 3.92. The van der Waals surface area contributed by atoms with Gasteiger partial charge in [0.05, 0.1) is 18.1 Å². The normalized spacial score (nSPS) is 16.5. The maximum absolute atomic E-state index is 12.6. The maximum atomic E-state index is 12.6. The second-order valence-electron chi connectivity index (χ2n) is 7.07. The van der Waals surface area contributed by atoms with Gasteiger partial charge in [0.25, 0.3) is 5.91 Å². The van der Waals surface area contributed by atoms with Crippen LogP contribution in [-0.2, 0) is 15.1 Å². The Balaban J connectivity index is 2.02. The van der Waals surface area contributed by atoms with Crippen molar-refractivity contribution in [3.8, 4) is 0 Å². The number of esters is 1. The standard InChI is InChI=1S/C17H27N3O3/c1-6-23-16(22)13-7-9-19(10-8-13)15(21)14-11-12(2)20(18-14)17(3,4)5/h11,13H,6-10H2,1-5H3. The average molecular weight is 321 g/mol. The summed E-state index contributed by atoms with van der Waals surface area (Å²) in [5.74, 6) is -0.293. The van der Waals surface area contributed by atoms with Gasteiger partial charge in [-0.3, -0.25) is 14.3 Å². The van der Waals surface area contributed by atoms with Crippen molar-refractivity contribution in [2.75, 3.05) is 19.7 Å². The van der Waals surface area contributed by atoms with Crippen LogP contribution in [0.15, 0.2) is 6.07 Å². The molecule has 0 aromatic carbocycles. The van der Waals surface area contributed by atoms with Gasteiger partial charge in [-0.05, 0) is 53.5 Å². The van der Waals surface area contributed by atoms with Crippen molar-refractivity contribution in [2.24, 2.45) is 5.92 Å². The van der Waals surface area contributed by atoms with E-state index in [2.05, 4.69) is 25.9 Å². The Morgan fingerprint density at radius 3 is 2.39 bits per heavy atom. The Morgan fingerprint density at radius 2 is 1.91 bits per heavy atom. The summed E-state index contributed by atoms with van der Waals surface area (Å²) in [5, 5.41) is 4.47. The zero-order valence-corrected chi connectivity index (χ0v) is 14.8. The number of nitrogens with zero attached hydrogens (tertiary/aromatic N) is 3. The number of hydrogen-bond donors (Lipinski definition) is 0. The molecule has 0 atom stereocenters. The Labute approximate surface area is 137 Å². The smallest absolute Gasteiger partial charge is 0.309 e. The number of rotatable bonds is 3. The van der Waals surface area contributed by atoms with Gasteiger partial charge in [-0.1, -0.05) is 0 Å². The fourth-order valence-electron chi connectivity index (χ4n) is 3.00. The average Bonchev–Trinajstić information content (AvgIpc) is 2.89. The molecule has 0 unspecified atom stereocenters. The molecule has 6 nitrogen and oxygen atoms in total. The number of ether oxygens (including phenoxy) is 1. The van der Waals surface area contributed by atoms with E-state index in [4.69, 9.17) is 4.74 Å². The maximum Gasteiger partial charge on any atom is 0.309 e. The number of carbonyl (C=O) groups is 2. The molecule has 2 heterocycles. The SMILES string of the molecule is CCOC(=O)C1CCN(C(=O)c2cc(C)n(C(C)(C)C)n2)CC1. The van der Waals surface area contributed by atoms with Crippen LogP contribution >= 0.6 is 0 Å². The molecule has 1 aromatic heterocycles. The molecule has 0 bridgehead atoms. The van der Waals surface area contributed by atoms with Gasteiger partial charge < -0.3 is 9.64 Å². The largest absolute Gasteiger partial charge is 0.466 e. The van der Waals surface area contributed by atoms with Crippen LogP contribution in [0.25, 0.3) is 0 Å². The van der Waals surface area contributed by atoms with E-state index in [-0.39, 0.29) is 23.3 Å². The minimum Gasteiger partial charge on any atom is -0.466 e. The summed E-state index contributed by atoms with van der Waals surface area (Å²) >= 11 is 0. The quantitative estimate of drug-likeness (QED) is 0.802. The molecule has 1 aliphatic heterocycles. The van der Waals surface area contributed by atoms with Gasteiger partial charge in [0.1, 0.15) is 0 Å². The van der Waals surface area contributed by atoms with E-state index in [0.717, 1.165) is 5.69 Å². The fraction of sp³-hybridized carbons (Fsp3) is 0.706. The Morgan fingerprint density at radius 1 is 1.30 bits per heavy atom. The highest BCUT2D eigenvalue weighted by atomic mass is 16.5. The molecule has 1 fully saturated rings. The number of hydrogen-bond acceptors (Lipinski definition) is 4. The number of likely N-dealkylation sites (tertiary alicyclic amines) is 1. The van der Waals surface area contributed by atoms with Gasteiger partial charge in [-0.15, -0.1) is 0 Å². The van der Waals surface area contributed by atoms with Crippen molar-refractivity contribution >= 4 is 11.9 Å². The molecule has 0 radical (unpaired) electrons. The minimum atomic E-state index is -0.153. The number of piperidine rings is 1. The molecule has 23 heavy (non-hydrogen) atoms. The lowest BCUT2D eigenvalue weighted by Crippen LogP contribution is -2.41. The highest BCUT2D eigenvalue weighted by Gasteiger charge is 2.30. The van der Waals surface area contributed by atoms with Crippen molar-refractivity contribution < 1.29 is 14.3 Å². The van der Waals surface area contributed by atoms with Crippen LogP contribution in [0.5, 0.6) is 0 Å². The van der Waals surface area contributed by atoms with Gasteiger partial charge in [-0.25, -0.2) is 0 Å². The van der Waals surface area contributed by atoms with Gasteiger partial charge in [-0.2, -0.15) is 5.10 Å². The second kappa shape index (κ2) is 6.72. The summed E-state index contributed by atoms with van der Waals surface area (Å²) < 4.78 is 6.94. The van der Waals surface area contributed by atoms with Crippen molar-refractivity contribution in [1.29, 1.82) is 0 Å². The van der Waals surface area contributed by atoms with E-state index in [1.165, 1.54) is 0 Å². The van der Waals surface area contributed by atoms with E-state index in [0.29, 0.717) is 38.2 Å². The Bertz CT molecular complexity index is 578. The van der Waals surface area contributed by atoms with Crippen LogP contribution < -0.4 is 0 Å². The molecule has 0 aliphatic carbocycles. The molecular formula is C17H27N3O3. The van der Waals surface area contributed by atoms with Crippen molar-refractivity contribution in [3.63, 3.8) is 0 Å². The molecule has 6 heteroatoms. The number of amides is 1. The summed E-state index contributed by atoms with van der Waals surface area (Å²) in [5.41, 5.74) is 1.30. The fourth-order valence-corrected chi connectivity index (χ4v) is 3.00. The first-order valence-electron chi connectivity index (χ1n) is 8.27. The first-order chi connectivity index (χ1) is 10.7. The summed E-state index contributed by atoms with van der Waals surface area (Å²) in [6.07, 6.45) is 1.31. The van der Waals surface area contributed by atoms with Crippen molar-refractivity contribution in [3.05, 3.63) is 17.5 Å². The topological polar surface area (TPSA) is 64.4 Å². The van der Waals surface area contributed by atoms with Crippen LogP contribution in [-0.4, -0.2) is 46.3 Å². The second-order valence-corrected chi connectivity index (χ2v) is 7.07. The number of aryl methyl sites for hydroxylation is 1. The highest BCUT2D eigenvalue weighted by Crippen LogP contribution is 2.22. The lowest BCUT2D eigenvalue weighted by atomic mass is 9.97. The Hall–Kier alpha value is -1.85. The van der Waals surface area contributed by atoms with Crippen LogP contribution in [0.2, 0.25) is 0 Å². The van der Waals surface area contributed by atoms with Gasteiger partial charge in [0.2, 0.25) is 0 Å². The first kappa shape index (κ1) is 17.5. The third-order valence-corrected chi connectivity index (χ3v) is 4.14. The van der Waals surface area contributed by atoms with Gasteiger partial charge >= 0.3 is 5.97 Å². The zero-order chi connectivity index (χ0) is 17.2. The molecule has 1 aromatic rings. The van der Waals surface area contributed by atoms with Crippen molar-refractivity contribution in [2.45, 2.75) is 53.0 Å². The van der Waals surface area contributed by atoms with Crippen LogP contribution in [0.4, 0.5) is 0 Å². The molecule has 0 N–H and O–H groups in total. The number of carbonyl (C=O) groups excluding carboxylic acids is 2. The summed E-state index contributed by atoms with van der Waals surface area (Å²) in [6, 6.07) is 1.84. The van der Waals surface area contributed by atoms with Crippen molar-refractivity contribution in [1.82, 2.24) is 14.7 Å². The third-order valence-electron chi connectivity index (χ3n) is 4.14. The molecule has 2 rings (SSSR count). The predicted molar refractivity (Wildman–Crippen MR) is 87.2 cm³/mol. The van der Waals surface area contributed by atoms with E-state index >= 15 is 0 Å². The minimum absolute atomic E-state index is 0.0570. The van der Waals surface area contributed by atoms with E-state index in [1.54, 1.807) is 4.90 Å². The van der Waals surface area contributed by atoms with E-state index < -0.39 is 0 Å². The molecule has 1 saturated heterocycles. The van der Waals surface area contributed by atoms with Gasteiger partial charge in [0, 0.05) is 18.8 Å². The molecule has 1 amide bonds. The van der Waals surface area contributed by atoms with E-state index in [1.807, 2.05) is 24.6 Å². The highest BCUT2D eigenvalue weighted by molar-refractivity contribution is 5.92. The first-order valence-corrected chi connectivity index (χ1v) is 8.27. The van der Waals surface area contributed by atoms with Crippen LogP contribution in [0.3, 0.4) is 0 Å². The van der Waals surface area contributed by atoms with E-state index in [9.17, 15) is 9.59 Å². The number of aromatic nitrogens is 2. The predicted octanol–water partition coefficient (Wildman–Crippen LogP) is 2.36. The Kier molecular flexibility index (Phi) is 5.12. The molecule has 0 spiro atoms. The summed E-state index contributed by atoms with van der Waals surface area (Å²) in [4.78, 5) is 26.2. The lowest BCUT2D eigenvalue weighted by Gasteiger charge is -2.30. The zero-order valence-electron chi connectivity index (χ0n) is 14.8. The molecule has 1 aliphatic rings. The molecule has 0 saturated carbocycles. The summed E-state index contributed by atoms with van der Waals surface area (Å²) in [7, 11) is 0. The monoisotopic (exact) mass is 321 g/mol. The lowest BCUT2D eigenvalue weighted by molar-refractivity contribution is -0.149. The van der Waals surface area contributed by atoms with Gasteiger partial charge in [0.15, 0.2) is 5.69 Å².